The summed E-state index contributed by atoms with van der Waals surface area (Å²) in [7, 11) is 1.68. The number of hydrogen-bond donors (Lipinski definition) is 0. The molecule has 0 atom stereocenters. The Hall–Kier alpha value is -6.26. The summed E-state index contributed by atoms with van der Waals surface area (Å²) in [5.41, 5.74) is 16.2. The van der Waals surface area contributed by atoms with Gasteiger partial charge in [-0.15, -0.1) is 0 Å². The van der Waals surface area contributed by atoms with Crippen LogP contribution in [0.15, 0.2) is 134 Å². The third-order valence-electron chi connectivity index (χ3n) is 12.1. The van der Waals surface area contributed by atoms with Gasteiger partial charge in [0.25, 0.3) is 0 Å². The molecule has 8 rings (SSSR count). The first-order valence-corrected chi connectivity index (χ1v) is 21.7. The van der Waals surface area contributed by atoms with Crippen LogP contribution in [0.3, 0.4) is 0 Å². The fourth-order valence-corrected chi connectivity index (χ4v) is 8.48. The Kier molecular flexibility index (Phi) is 9.91. The molecule has 4 nitrogen and oxygen atoms in total. The van der Waals surface area contributed by atoms with E-state index in [1.165, 1.54) is 11.1 Å². The van der Waals surface area contributed by atoms with Crippen molar-refractivity contribution in [2.75, 3.05) is 7.11 Å². The number of nitrogens with zero attached hydrogens (tertiary/aromatic N) is 3. The third-order valence-corrected chi connectivity index (χ3v) is 12.1. The molecule has 0 bridgehead atoms. The molecule has 0 aliphatic carbocycles. The number of aromatic nitrogens is 3. The Morgan fingerprint density at radius 1 is 0.532 bits per heavy atom. The quantitative estimate of drug-likeness (QED) is 0.161. The first-order valence-electron chi connectivity index (χ1n) is 23.2. The van der Waals surface area contributed by atoms with Crippen LogP contribution in [0.1, 0.15) is 99.8 Å². The van der Waals surface area contributed by atoms with Crippen molar-refractivity contribution in [2.45, 2.75) is 99.3 Å². The van der Waals surface area contributed by atoms with E-state index in [4.69, 9.17) is 18.8 Å². The summed E-state index contributed by atoms with van der Waals surface area (Å²) in [6, 6.07) is 44.3. The molecule has 0 amide bonds. The Bertz CT molecular complexity index is 3050. The predicted octanol–water partition coefficient (Wildman–Crippen LogP) is 15.6. The Labute approximate surface area is 373 Å². The summed E-state index contributed by atoms with van der Waals surface area (Å²) in [6.07, 6.45) is 1.88. The van der Waals surface area contributed by atoms with Gasteiger partial charge in [0, 0.05) is 21.4 Å². The van der Waals surface area contributed by atoms with Crippen molar-refractivity contribution in [1.82, 2.24) is 14.5 Å². The first-order chi connectivity index (χ1) is 30.5. The molecule has 2 heterocycles. The zero-order chi connectivity index (χ0) is 46.8. The lowest BCUT2D eigenvalue weighted by Gasteiger charge is -2.26. The van der Waals surface area contributed by atoms with E-state index >= 15 is 0 Å². The van der Waals surface area contributed by atoms with Gasteiger partial charge in [-0.2, -0.15) is 0 Å². The maximum Gasteiger partial charge on any atom is 0.149 e. The molecule has 0 N–H and O–H groups in total. The van der Waals surface area contributed by atoms with E-state index in [1.54, 1.807) is 7.11 Å². The van der Waals surface area contributed by atoms with E-state index < -0.39 is 6.85 Å². The second-order valence-corrected chi connectivity index (χ2v) is 20.0. The van der Waals surface area contributed by atoms with E-state index in [-0.39, 0.29) is 21.8 Å². The van der Waals surface area contributed by atoms with Crippen molar-refractivity contribution in [3.8, 4) is 67.5 Å². The Morgan fingerprint density at radius 3 is 1.84 bits per heavy atom. The second-order valence-electron chi connectivity index (χ2n) is 20.0. The summed E-state index contributed by atoms with van der Waals surface area (Å²) in [5.74, 6) is 1.29. The molecule has 0 aliphatic heterocycles. The molecular weight excluding hydrogens is 755 g/mol. The molecule has 0 unspecified atom stereocenters. The zero-order valence-electron chi connectivity index (χ0n) is 41.5. The van der Waals surface area contributed by atoms with Crippen LogP contribution in [0.25, 0.3) is 72.7 Å². The van der Waals surface area contributed by atoms with E-state index in [0.717, 1.165) is 77.9 Å². The lowest BCUT2D eigenvalue weighted by atomic mass is 9.79. The predicted molar refractivity (Wildman–Crippen MR) is 263 cm³/mol. The molecule has 4 heteroatoms. The van der Waals surface area contributed by atoms with Gasteiger partial charge in [0.05, 0.1) is 35.1 Å². The van der Waals surface area contributed by atoms with Gasteiger partial charge in [0.15, 0.2) is 0 Å². The molecular formula is C58H61N3O. The minimum Gasteiger partial charge on any atom is -0.496 e. The maximum absolute atomic E-state index is 9.09. The lowest BCUT2D eigenvalue weighted by molar-refractivity contribution is 0.413. The van der Waals surface area contributed by atoms with Crippen LogP contribution >= 0.6 is 0 Å². The van der Waals surface area contributed by atoms with Crippen molar-refractivity contribution in [3.63, 3.8) is 0 Å². The molecule has 2 aromatic heterocycles. The molecule has 6 aromatic carbocycles. The number of benzene rings is 6. The molecule has 62 heavy (non-hydrogen) atoms. The molecule has 8 aromatic rings. The highest BCUT2D eigenvalue weighted by Crippen LogP contribution is 2.43. The minimum absolute atomic E-state index is 0.105. The van der Waals surface area contributed by atoms with Gasteiger partial charge in [0.2, 0.25) is 0 Å². The minimum atomic E-state index is -2.46. The summed E-state index contributed by atoms with van der Waals surface area (Å²) in [6.45, 7) is 21.6. The first kappa shape index (κ1) is 38.6. The SMILES string of the molecule is [2H]C([2H])([2H])c1cc(-c2cc(C(C)(C)C)cc(C(C)(C)C)c2)ccc1-n1c(-c2cc(C)cc(C)c2OC)nc2c(-c3cc(-c4cc(-c5ccccc5)ccn4)cc(C(C)(C)C)c3)cccc21. The van der Waals surface area contributed by atoms with Gasteiger partial charge in [-0.25, -0.2) is 4.98 Å². The number of para-hydroxylation sites is 1. The fourth-order valence-electron chi connectivity index (χ4n) is 8.48. The van der Waals surface area contributed by atoms with Gasteiger partial charge in [-0.3, -0.25) is 9.55 Å². The second kappa shape index (κ2) is 15.9. The largest absolute Gasteiger partial charge is 0.496 e. The van der Waals surface area contributed by atoms with E-state index in [1.807, 2.05) is 48.0 Å². The Morgan fingerprint density at radius 2 is 1.18 bits per heavy atom. The van der Waals surface area contributed by atoms with Crippen LogP contribution in [-0.4, -0.2) is 21.6 Å². The smallest absolute Gasteiger partial charge is 0.149 e. The maximum atomic E-state index is 9.09. The third kappa shape index (κ3) is 8.23. The van der Waals surface area contributed by atoms with Crippen molar-refractivity contribution in [2.24, 2.45) is 0 Å². The summed E-state index contributed by atoms with van der Waals surface area (Å²) < 4.78 is 35.4. The van der Waals surface area contributed by atoms with Crippen molar-refractivity contribution >= 4 is 11.0 Å². The number of aryl methyl sites for hydroxylation is 3. The topological polar surface area (TPSA) is 39.9 Å². The number of fused-ring (bicyclic) bond motifs is 1. The molecule has 0 fully saturated rings. The normalized spacial score (nSPS) is 13.2. The van der Waals surface area contributed by atoms with Gasteiger partial charge in [-0.1, -0.05) is 141 Å². The molecule has 0 aliphatic rings. The van der Waals surface area contributed by atoms with Crippen molar-refractivity contribution < 1.29 is 8.85 Å². The van der Waals surface area contributed by atoms with E-state index in [0.29, 0.717) is 17.3 Å². The average molecular weight is 819 g/mol. The van der Waals surface area contributed by atoms with E-state index in [2.05, 4.69) is 166 Å². The number of methoxy groups -OCH3 is 1. The fraction of sp³-hybridized carbons (Fsp3) is 0.276. The number of pyridine rings is 1. The van der Waals surface area contributed by atoms with Crippen LogP contribution in [0.5, 0.6) is 5.75 Å². The van der Waals surface area contributed by atoms with Crippen LogP contribution in [-0.2, 0) is 16.2 Å². The van der Waals surface area contributed by atoms with Crippen LogP contribution < -0.4 is 4.74 Å². The van der Waals surface area contributed by atoms with Crippen LogP contribution in [0.2, 0.25) is 0 Å². The highest BCUT2D eigenvalue weighted by Gasteiger charge is 2.25. The molecule has 0 radical (unpaired) electrons. The molecule has 0 saturated heterocycles. The highest BCUT2D eigenvalue weighted by molar-refractivity contribution is 5.97. The van der Waals surface area contributed by atoms with Gasteiger partial charge in [-0.05, 0) is 147 Å². The highest BCUT2D eigenvalue weighted by atomic mass is 16.5. The standard InChI is InChI=1S/C58H61N3O/c1-36-26-38(3)54(62-13)49(27-36)55-60-53-48(43-29-44(33-45(32-43)56(4,5)6)50-34-41(24-25-59-50)39-18-15-14-16-19-39)20-17-21-52(53)61(55)51-23-22-40(28-37(51)2)42-30-46(57(7,8)9)35-47(31-42)58(10,11)12/h14-35H,1-13H3/i2D3. The molecule has 0 saturated carbocycles. The number of rotatable bonds is 7. The van der Waals surface area contributed by atoms with Gasteiger partial charge in [0.1, 0.15) is 11.6 Å². The zero-order valence-corrected chi connectivity index (χ0v) is 38.5. The van der Waals surface area contributed by atoms with E-state index in [9.17, 15) is 0 Å². The van der Waals surface area contributed by atoms with Gasteiger partial charge >= 0.3 is 0 Å². The van der Waals surface area contributed by atoms with Gasteiger partial charge < -0.3 is 4.74 Å². The average Bonchev–Trinajstić information content (AvgIpc) is 3.64. The van der Waals surface area contributed by atoms with Crippen LogP contribution in [0.4, 0.5) is 0 Å². The van der Waals surface area contributed by atoms with Crippen molar-refractivity contribution in [3.05, 3.63) is 167 Å². The molecule has 314 valence electrons. The monoisotopic (exact) mass is 819 g/mol. The lowest BCUT2D eigenvalue weighted by Crippen LogP contribution is -2.16. The summed E-state index contributed by atoms with van der Waals surface area (Å²) >= 11 is 0. The summed E-state index contributed by atoms with van der Waals surface area (Å²) in [4.78, 5) is 10.4. The van der Waals surface area contributed by atoms with Crippen molar-refractivity contribution in [1.29, 1.82) is 0 Å². The number of ether oxygens (including phenoxy) is 1. The Balaban J connectivity index is 1.41. The number of imidazole rings is 1. The summed E-state index contributed by atoms with van der Waals surface area (Å²) in [5, 5.41) is 0. The van der Waals surface area contributed by atoms with Crippen LogP contribution in [0, 0.1) is 20.7 Å². The molecule has 0 spiro atoms. The number of hydrogen-bond acceptors (Lipinski definition) is 3.